The number of piperazine rings is 1. The van der Waals surface area contributed by atoms with E-state index < -0.39 is 0 Å². The second-order valence-corrected chi connectivity index (χ2v) is 11.8. The van der Waals surface area contributed by atoms with Gasteiger partial charge in [0.15, 0.2) is 0 Å². The highest BCUT2D eigenvalue weighted by Gasteiger charge is 2.29. The lowest BCUT2D eigenvalue weighted by molar-refractivity contribution is -0.114. The minimum atomic E-state index is -0.0188. The van der Waals surface area contributed by atoms with E-state index in [0.717, 1.165) is 46.1 Å². The Labute approximate surface area is 250 Å². The number of carbonyl (C=O) groups is 2. The van der Waals surface area contributed by atoms with Gasteiger partial charge in [-0.15, -0.1) is 0 Å². The Kier molecular flexibility index (Phi) is 7.86. The van der Waals surface area contributed by atoms with Crippen molar-refractivity contribution in [2.75, 3.05) is 36.0 Å². The molecule has 4 aromatic carbocycles. The molecule has 6 rings (SSSR count). The van der Waals surface area contributed by atoms with Crippen LogP contribution in [0.2, 0.25) is 5.02 Å². The quantitative estimate of drug-likeness (QED) is 0.233. The number of para-hydroxylation sites is 1. The van der Waals surface area contributed by atoms with Crippen LogP contribution in [-0.2, 0) is 11.3 Å². The third-order valence-corrected chi connectivity index (χ3v) is 8.93. The lowest BCUT2D eigenvalue weighted by atomic mass is 10.1. The molecule has 0 aliphatic carbocycles. The molecule has 0 spiro atoms. The van der Waals surface area contributed by atoms with Gasteiger partial charge in [-0.05, 0) is 72.2 Å². The van der Waals surface area contributed by atoms with Gasteiger partial charge in [0.05, 0.1) is 17.1 Å². The SMILES string of the molecule is Cc1ccccc1CN1C(=O)/C(=C\c2ccc(C(=O)N3CCN(c4cccc(Cl)c4)CC3)cc2)Sc2ccccc21. The van der Waals surface area contributed by atoms with Crippen molar-refractivity contribution in [3.8, 4) is 0 Å². The number of carbonyl (C=O) groups excluding carboxylic acids is 2. The number of rotatable bonds is 5. The summed E-state index contributed by atoms with van der Waals surface area (Å²) in [6.07, 6.45) is 1.92. The molecule has 4 aromatic rings. The van der Waals surface area contributed by atoms with Crippen molar-refractivity contribution in [3.05, 3.63) is 129 Å². The zero-order valence-electron chi connectivity index (χ0n) is 22.8. The van der Waals surface area contributed by atoms with E-state index in [2.05, 4.69) is 30.0 Å². The van der Waals surface area contributed by atoms with Gasteiger partial charge in [-0.1, -0.05) is 78.0 Å². The molecule has 0 aromatic heterocycles. The van der Waals surface area contributed by atoms with Crippen molar-refractivity contribution in [3.63, 3.8) is 0 Å². The van der Waals surface area contributed by atoms with Crippen LogP contribution in [0.1, 0.15) is 27.0 Å². The first-order valence-corrected chi connectivity index (χ1v) is 14.9. The number of fused-ring (bicyclic) bond motifs is 1. The summed E-state index contributed by atoms with van der Waals surface area (Å²) in [5.74, 6) is 0.00563. The molecule has 2 aliphatic heterocycles. The summed E-state index contributed by atoms with van der Waals surface area (Å²) >= 11 is 7.65. The molecule has 41 heavy (non-hydrogen) atoms. The molecule has 0 bridgehead atoms. The third kappa shape index (κ3) is 5.90. The molecule has 206 valence electrons. The van der Waals surface area contributed by atoms with Crippen LogP contribution in [0, 0.1) is 6.92 Å². The van der Waals surface area contributed by atoms with E-state index in [1.54, 1.807) is 0 Å². The lowest BCUT2D eigenvalue weighted by Gasteiger charge is -2.36. The molecule has 7 heteroatoms. The van der Waals surface area contributed by atoms with Crippen LogP contribution in [0.15, 0.2) is 107 Å². The van der Waals surface area contributed by atoms with Crippen LogP contribution in [0.5, 0.6) is 0 Å². The average molecular weight is 580 g/mol. The molecule has 1 fully saturated rings. The van der Waals surface area contributed by atoms with E-state index in [1.165, 1.54) is 11.8 Å². The van der Waals surface area contributed by atoms with Crippen molar-refractivity contribution in [2.45, 2.75) is 18.4 Å². The third-order valence-electron chi connectivity index (χ3n) is 7.62. The van der Waals surface area contributed by atoms with Gasteiger partial charge >= 0.3 is 0 Å². The molecule has 5 nitrogen and oxygen atoms in total. The number of thioether (sulfide) groups is 1. The Morgan fingerprint density at radius 3 is 2.37 bits per heavy atom. The van der Waals surface area contributed by atoms with E-state index in [-0.39, 0.29) is 11.8 Å². The number of benzene rings is 4. The smallest absolute Gasteiger partial charge is 0.265 e. The Bertz CT molecular complexity index is 1630. The molecule has 0 atom stereocenters. The number of anilines is 2. The fourth-order valence-corrected chi connectivity index (χ4v) is 6.52. The predicted octanol–water partition coefficient (Wildman–Crippen LogP) is 7.29. The maximum atomic E-state index is 13.7. The standard InChI is InChI=1S/C34H30ClN3O2S/c1-24-7-2-3-8-27(24)23-38-30-11-4-5-12-31(30)41-32(34(38)40)21-25-13-15-26(16-14-25)33(39)37-19-17-36(18-20-37)29-10-6-9-28(35)22-29/h2-16,21-22H,17-20,23H2,1H3/b32-21+. The molecule has 2 aliphatic rings. The normalized spacial score (nSPS) is 16.2. The van der Waals surface area contributed by atoms with Gasteiger partial charge in [0.25, 0.3) is 11.8 Å². The summed E-state index contributed by atoms with van der Waals surface area (Å²) in [6.45, 7) is 5.41. The molecule has 0 saturated carbocycles. The Balaban J connectivity index is 1.16. The predicted molar refractivity (Wildman–Crippen MR) is 169 cm³/mol. The summed E-state index contributed by atoms with van der Waals surface area (Å²) in [6, 6.07) is 31.6. The topological polar surface area (TPSA) is 43.9 Å². The van der Waals surface area contributed by atoms with E-state index in [0.29, 0.717) is 35.1 Å². The van der Waals surface area contributed by atoms with Gasteiger partial charge in [-0.25, -0.2) is 0 Å². The van der Waals surface area contributed by atoms with Gasteiger partial charge in [0.1, 0.15) is 0 Å². The summed E-state index contributed by atoms with van der Waals surface area (Å²) in [5.41, 5.74) is 5.83. The lowest BCUT2D eigenvalue weighted by Crippen LogP contribution is -2.48. The largest absolute Gasteiger partial charge is 0.368 e. The van der Waals surface area contributed by atoms with Gasteiger partial charge in [-0.3, -0.25) is 9.59 Å². The molecule has 0 unspecified atom stereocenters. The van der Waals surface area contributed by atoms with Crippen LogP contribution < -0.4 is 9.80 Å². The number of halogens is 1. The molecule has 0 N–H and O–H groups in total. The number of amides is 2. The molecular weight excluding hydrogens is 550 g/mol. The Hall–Kier alpha value is -4.00. The molecule has 2 amide bonds. The fraction of sp³-hybridized carbons (Fsp3) is 0.176. The average Bonchev–Trinajstić information content (AvgIpc) is 3.00. The van der Waals surface area contributed by atoms with E-state index >= 15 is 0 Å². The van der Waals surface area contributed by atoms with Crippen LogP contribution >= 0.6 is 23.4 Å². The van der Waals surface area contributed by atoms with Crippen molar-refractivity contribution < 1.29 is 9.59 Å². The second-order valence-electron chi connectivity index (χ2n) is 10.3. The highest BCUT2D eigenvalue weighted by molar-refractivity contribution is 8.04. The maximum absolute atomic E-state index is 13.7. The zero-order valence-corrected chi connectivity index (χ0v) is 24.4. The zero-order chi connectivity index (χ0) is 28.3. The highest BCUT2D eigenvalue weighted by Crippen LogP contribution is 2.42. The van der Waals surface area contributed by atoms with E-state index in [4.69, 9.17) is 11.6 Å². The monoisotopic (exact) mass is 579 g/mol. The van der Waals surface area contributed by atoms with E-state index in [9.17, 15) is 9.59 Å². The summed E-state index contributed by atoms with van der Waals surface area (Å²) in [7, 11) is 0. The number of hydrogen-bond acceptors (Lipinski definition) is 4. The molecular formula is C34H30ClN3O2S. The Morgan fingerprint density at radius 2 is 1.61 bits per heavy atom. The Morgan fingerprint density at radius 1 is 0.878 bits per heavy atom. The van der Waals surface area contributed by atoms with Gasteiger partial charge in [-0.2, -0.15) is 0 Å². The number of nitrogens with zero attached hydrogens (tertiary/aromatic N) is 3. The van der Waals surface area contributed by atoms with Gasteiger partial charge < -0.3 is 14.7 Å². The first kappa shape index (κ1) is 27.2. The first-order valence-electron chi connectivity index (χ1n) is 13.7. The first-order chi connectivity index (χ1) is 20.0. The van der Waals surface area contributed by atoms with Crippen molar-refractivity contribution in [1.29, 1.82) is 0 Å². The number of hydrogen-bond donors (Lipinski definition) is 0. The van der Waals surface area contributed by atoms with Crippen molar-refractivity contribution >= 4 is 52.6 Å². The van der Waals surface area contributed by atoms with Crippen LogP contribution in [0.3, 0.4) is 0 Å². The second kappa shape index (κ2) is 11.9. The van der Waals surface area contributed by atoms with Crippen molar-refractivity contribution in [2.24, 2.45) is 0 Å². The maximum Gasteiger partial charge on any atom is 0.265 e. The van der Waals surface area contributed by atoms with E-state index in [1.807, 2.05) is 94.7 Å². The minimum absolute atomic E-state index is 0.0188. The van der Waals surface area contributed by atoms with Crippen molar-refractivity contribution in [1.82, 2.24) is 4.90 Å². The summed E-state index contributed by atoms with van der Waals surface area (Å²) in [4.78, 5) is 34.7. The van der Waals surface area contributed by atoms with Gasteiger partial charge in [0.2, 0.25) is 0 Å². The van der Waals surface area contributed by atoms with Gasteiger partial charge in [0, 0.05) is 47.3 Å². The molecule has 1 saturated heterocycles. The minimum Gasteiger partial charge on any atom is -0.368 e. The van der Waals surface area contributed by atoms with Crippen LogP contribution in [0.4, 0.5) is 11.4 Å². The van der Waals surface area contributed by atoms with Crippen LogP contribution in [0.25, 0.3) is 6.08 Å². The molecule has 0 radical (unpaired) electrons. The number of aryl methyl sites for hydroxylation is 1. The highest BCUT2D eigenvalue weighted by atomic mass is 35.5. The summed E-state index contributed by atoms with van der Waals surface area (Å²) in [5, 5.41) is 0.715. The summed E-state index contributed by atoms with van der Waals surface area (Å²) < 4.78 is 0. The fourth-order valence-electron chi connectivity index (χ4n) is 5.27. The van der Waals surface area contributed by atoms with Crippen LogP contribution in [-0.4, -0.2) is 42.9 Å². The molecule has 2 heterocycles.